The average Bonchev–Trinajstić information content (AvgIpc) is 3.02. The molecule has 0 aromatic carbocycles. The van der Waals surface area contributed by atoms with Gasteiger partial charge < -0.3 is 15.1 Å². The Labute approximate surface area is 122 Å². The highest BCUT2D eigenvalue weighted by molar-refractivity contribution is 7.14. The molecule has 0 unspecified atom stereocenters. The van der Waals surface area contributed by atoms with E-state index in [1.165, 1.54) is 6.07 Å². The quantitative estimate of drug-likeness (QED) is 0.596. The number of aromatic nitrogens is 3. The molecule has 0 saturated carbocycles. The minimum absolute atomic E-state index is 0.230. The Bertz CT molecular complexity index is 969. The van der Waals surface area contributed by atoms with Crippen LogP contribution in [-0.4, -0.2) is 26.0 Å². The van der Waals surface area contributed by atoms with E-state index in [1.807, 2.05) is 0 Å². The van der Waals surface area contributed by atoms with Gasteiger partial charge in [-0.2, -0.15) is 0 Å². The molecule has 0 atom stereocenters. The highest BCUT2D eigenvalue weighted by Gasteiger charge is 2.08. The number of nitrogens with one attached hydrogen (secondary N) is 2. The summed E-state index contributed by atoms with van der Waals surface area (Å²) in [4.78, 5) is 33.3. The van der Waals surface area contributed by atoms with Gasteiger partial charge in [0.05, 0.1) is 15.8 Å². The summed E-state index contributed by atoms with van der Waals surface area (Å²) >= 11 is 1.09. The van der Waals surface area contributed by atoms with E-state index in [1.54, 1.807) is 19.2 Å². The third kappa shape index (κ3) is 2.44. The highest BCUT2D eigenvalue weighted by Crippen LogP contribution is 2.16. The number of H-pyrrole nitrogens is 2. The van der Waals surface area contributed by atoms with Crippen molar-refractivity contribution in [2.45, 2.75) is 6.92 Å². The molecule has 0 aliphatic carbocycles. The van der Waals surface area contributed by atoms with Gasteiger partial charge in [0, 0.05) is 6.20 Å². The molecule has 0 fully saturated rings. The number of hydrogen-bond donors (Lipinski definition) is 3. The minimum Gasteiger partial charge on any atom is -0.477 e. The maximum Gasteiger partial charge on any atom is 0.345 e. The summed E-state index contributed by atoms with van der Waals surface area (Å²) in [5.41, 5.74) is 0.766. The van der Waals surface area contributed by atoms with Crippen LogP contribution in [0.15, 0.2) is 23.1 Å². The van der Waals surface area contributed by atoms with Crippen LogP contribution in [0, 0.1) is 18.8 Å². The van der Waals surface area contributed by atoms with E-state index < -0.39 is 5.97 Å². The first-order valence-corrected chi connectivity index (χ1v) is 6.79. The second kappa shape index (κ2) is 4.92. The Hall–Kier alpha value is -2.85. The van der Waals surface area contributed by atoms with Crippen LogP contribution in [0.3, 0.4) is 0 Å². The van der Waals surface area contributed by atoms with Gasteiger partial charge in [-0.25, -0.2) is 9.78 Å². The number of carboxylic acid groups (broad SMARTS) is 1. The second-order valence-corrected chi connectivity index (χ2v) is 5.38. The van der Waals surface area contributed by atoms with E-state index >= 15 is 0 Å². The van der Waals surface area contributed by atoms with Gasteiger partial charge in [-0.3, -0.25) is 4.79 Å². The fourth-order valence-corrected chi connectivity index (χ4v) is 2.60. The van der Waals surface area contributed by atoms with Crippen LogP contribution >= 0.6 is 11.3 Å². The number of hydrogen-bond acceptors (Lipinski definition) is 4. The number of fused-ring (bicyclic) bond motifs is 1. The predicted molar refractivity (Wildman–Crippen MR) is 78.7 cm³/mol. The molecule has 3 N–H and O–H groups in total. The largest absolute Gasteiger partial charge is 0.477 e. The van der Waals surface area contributed by atoms with E-state index in [0.29, 0.717) is 27.3 Å². The summed E-state index contributed by atoms with van der Waals surface area (Å²) in [6, 6.07) is 3.15. The first kappa shape index (κ1) is 13.1. The lowest BCUT2D eigenvalue weighted by atomic mass is 10.2. The Balaban J connectivity index is 2.05. The summed E-state index contributed by atoms with van der Waals surface area (Å²) in [5, 5.41) is 9.26. The molecule has 0 aliphatic heterocycles. The summed E-state index contributed by atoms with van der Waals surface area (Å²) in [7, 11) is 0. The molecule has 6 nitrogen and oxygen atoms in total. The average molecular weight is 299 g/mol. The molecule has 0 amide bonds. The van der Waals surface area contributed by atoms with E-state index in [0.717, 1.165) is 11.3 Å². The van der Waals surface area contributed by atoms with Gasteiger partial charge >= 0.3 is 5.97 Å². The molecule has 21 heavy (non-hydrogen) atoms. The third-order valence-electron chi connectivity index (χ3n) is 2.80. The van der Waals surface area contributed by atoms with E-state index in [4.69, 9.17) is 5.11 Å². The van der Waals surface area contributed by atoms with Gasteiger partial charge in [-0.15, -0.1) is 11.3 Å². The van der Waals surface area contributed by atoms with Crippen molar-refractivity contribution in [1.29, 1.82) is 0 Å². The van der Waals surface area contributed by atoms with Crippen LogP contribution in [0.5, 0.6) is 0 Å². The van der Waals surface area contributed by atoms with Gasteiger partial charge in [0.15, 0.2) is 0 Å². The zero-order valence-electron chi connectivity index (χ0n) is 10.9. The van der Waals surface area contributed by atoms with Gasteiger partial charge in [-0.1, -0.05) is 11.8 Å². The Morgan fingerprint density at radius 2 is 2.19 bits per heavy atom. The maximum atomic E-state index is 11.9. The van der Waals surface area contributed by atoms with Crippen LogP contribution in [0.4, 0.5) is 0 Å². The Kier molecular flexibility index (Phi) is 3.08. The van der Waals surface area contributed by atoms with Crippen molar-refractivity contribution in [2.75, 3.05) is 0 Å². The Morgan fingerprint density at radius 1 is 1.38 bits per heavy atom. The van der Waals surface area contributed by atoms with Crippen molar-refractivity contribution in [3.05, 3.63) is 49.8 Å². The monoisotopic (exact) mass is 299 g/mol. The minimum atomic E-state index is -0.976. The second-order valence-electron chi connectivity index (χ2n) is 4.30. The molecule has 3 rings (SSSR count). The van der Waals surface area contributed by atoms with Crippen LogP contribution in [-0.2, 0) is 0 Å². The SMILES string of the molecule is Cc1nc2[nH]cc(C#Cc3ccc(C(=O)O)s3)c2c(=O)[nH]1. The van der Waals surface area contributed by atoms with Gasteiger partial charge in [0.1, 0.15) is 16.3 Å². The fourth-order valence-electron chi connectivity index (χ4n) is 1.90. The standard InChI is InChI=1S/C14H9N3O3S/c1-7-16-12-11(13(18)17-7)8(6-15-12)2-3-9-4-5-10(21-9)14(19)20/h4-6H,1H3,(H,19,20)(H2,15,16,17,18). The highest BCUT2D eigenvalue weighted by atomic mass is 32.1. The zero-order valence-corrected chi connectivity index (χ0v) is 11.7. The number of rotatable bonds is 1. The lowest BCUT2D eigenvalue weighted by Gasteiger charge is -1.92. The molecular weight excluding hydrogens is 290 g/mol. The topological polar surface area (TPSA) is 98.8 Å². The molecule has 0 bridgehead atoms. The number of nitrogens with zero attached hydrogens (tertiary/aromatic N) is 1. The summed E-state index contributed by atoms with van der Waals surface area (Å²) < 4.78 is 0. The fraction of sp³-hybridized carbons (Fsp3) is 0.0714. The molecule has 7 heteroatoms. The predicted octanol–water partition coefficient (Wildman–Crippen LogP) is 1.72. The third-order valence-corrected chi connectivity index (χ3v) is 3.79. The van der Waals surface area contributed by atoms with Crippen molar-refractivity contribution in [3.63, 3.8) is 0 Å². The maximum absolute atomic E-state index is 11.9. The van der Waals surface area contributed by atoms with Crippen LogP contribution in [0.1, 0.15) is 25.9 Å². The zero-order chi connectivity index (χ0) is 15.0. The molecule has 3 aromatic heterocycles. The van der Waals surface area contributed by atoms with Crippen LogP contribution in [0.2, 0.25) is 0 Å². The molecule has 3 aromatic rings. The summed E-state index contributed by atoms with van der Waals surface area (Å²) in [6.07, 6.45) is 1.62. The lowest BCUT2D eigenvalue weighted by molar-refractivity contribution is 0.0702. The first-order chi connectivity index (χ1) is 10.0. The van der Waals surface area contributed by atoms with E-state index in [9.17, 15) is 9.59 Å². The Morgan fingerprint density at radius 3 is 2.90 bits per heavy atom. The normalized spacial score (nSPS) is 10.3. The molecule has 0 spiro atoms. The molecular formula is C14H9N3O3S. The van der Waals surface area contributed by atoms with Crippen molar-refractivity contribution in [3.8, 4) is 11.8 Å². The molecule has 3 heterocycles. The van der Waals surface area contributed by atoms with Gasteiger partial charge in [-0.05, 0) is 19.1 Å². The number of carbonyl (C=O) groups is 1. The summed E-state index contributed by atoms with van der Waals surface area (Å²) in [6.45, 7) is 1.70. The number of carboxylic acids is 1. The van der Waals surface area contributed by atoms with Crippen molar-refractivity contribution in [1.82, 2.24) is 15.0 Å². The molecule has 0 saturated heterocycles. The number of thiophene rings is 1. The smallest absolute Gasteiger partial charge is 0.345 e. The molecule has 0 aliphatic rings. The number of aryl methyl sites for hydroxylation is 1. The summed E-state index contributed by atoms with van der Waals surface area (Å²) in [5.74, 6) is 5.28. The number of aromatic carboxylic acids is 1. The van der Waals surface area contributed by atoms with Crippen molar-refractivity contribution in [2.24, 2.45) is 0 Å². The van der Waals surface area contributed by atoms with Crippen molar-refractivity contribution < 1.29 is 9.90 Å². The molecule has 0 radical (unpaired) electrons. The molecule has 104 valence electrons. The van der Waals surface area contributed by atoms with Crippen LogP contribution in [0.25, 0.3) is 11.0 Å². The van der Waals surface area contributed by atoms with E-state index in [-0.39, 0.29) is 10.4 Å². The van der Waals surface area contributed by atoms with Crippen LogP contribution < -0.4 is 5.56 Å². The lowest BCUT2D eigenvalue weighted by Crippen LogP contribution is -2.09. The van der Waals surface area contributed by atoms with Crippen molar-refractivity contribution >= 4 is 28.3 Å². The van der Waals surface area contributed by atoms with Gasteiger partial charge in [0.2, 0.25) is 0 Å². The first-order valence-electron chi connectivity index (χ1n) is 5.98. The van der Waals surface area contributed by atoms with E-state index in [2.05, 4.69) is 26.8 Å². The number of aromatic amines is 2. The van der Waals surface area contributed by atoms with Gasteiger partial charge in [0.25, 0.3) is 5.56 Å².